The predicted molar refractivity (Wildman–Crippen MR) is 50.8 cm³/mol. The Balaban J connectivity index is 2.82. The van der Waals surface area contributed by atoms with Crippen LogP contribution in [0.15, 0.2) is 18.2 Å². The Hall–Kier alpha value is -1.69. The van der Waals surface area contributed by atoms with E-state index in [1.54, 1.807) is 6.07 Å². The van der Waals surface area contributed by atoms with Gasteiger partial charge in [0.1, 0.15) is 11.6 Å². The lowest BCUT2D eigenvalue weighted by Gasteiger charge is -2.14. The maximum Gasteiger partial charge on any atom is 0.131 e. The number of terminal acetylenes is 1. The summed E-state index contributed by atoms with van der Waals surface area (Å²) in [6, 6.07) is 5.46. The van der Waals surface area contributed by atoms with Gasteiger partial charge in [-0.05, 0) is 12.1 Å². The Morgan fingerprint density at radius 3 is 3.00 bits per heavy atom. The molecule has 1 rings (SSSR count). The summed E-state index contributed by atoms with van der Waals surface area (Å²) in [6.07, 6.45) is 5.15. The first-order chi connectivity index (χ1) is 5.74. The monoisotopic (exact) mass is 161 g/mol. The Kier molecular flexibility index (Phi) is 2.54. The molecule has 0 fully saturated rings. The van der Waals surface area contributed by atoms with Crippen LogP contribution in [-0.2, 0) is 0 Å². The summed E-state index contributed by atoms with van der Waals surface area (Å²) in [7, 11) is 1.88. The van der Waals surface area contributed by atoms with Crippen molar-refractivity contribution in [2.24, 2.45) is 0 Å². The molecule has 0 unspecified atom stereocenters. The molecule has 0 spiro atoms. The van der Waals surface area contributed by atoms with Gasteiger partial charge in [-0.25, -0.2) is 4.98 Å². The minimum atomic E-state index is 0.511. The topological polar surface area (TPSA) is 42.1 Å². The lowest BCUT2D eigenvalue weighted by Crippen LogP contribution is -2.18. The fourth-order valence-corrected chi connectivity index (χ4v) is 0.870. The molecule has 0 amide bonds. The van der Waals surface area contributed by atoms with E-state index in [4.69, 9.17) is 12.2 Å². The quantitative estimate of drug-likeness (QED) is 0.650. The van der Waals surface area contributed by atoms with E-state index in [0.717, 1.165) is 5.82 Å². The largest absolute Gasteiger partial charge is 0.384 e. The van der Waals surface area contributed by atoms with Crippen LogP contribution in [0.2, 0.25) is 0 Å². The molecule has 0 saturated heterocycles. The minimum absolute atomic E-state index is 0.511. The first-order valence-electron chi connectivity index (χ1n) is 3.61. The molecule has 0 atom stereocenters. The summed E-state index contributed by atoms with van der Waals surface area (Å²) in [5, 5.41) is 0. The van der Waals surface area contributed by atoms with E-state index in [-0.39, 0.29) is 0 Å². The molecule has 1 heterocycles. The fraction of sp³-hybridized carbons (Fsp3) is 0.222. The Morgan fingerprint density at radius 1 is 1.67 bits per heavy atom. The second-order valence-corrected chi connectivity index (χ2v) is 2.48. The van der Waals surface area contributed by atoms with Gasteiger partial charge < -0.3 is 10.6 Å². The van der Waals surface area contributed by atoms with Crippen LogP contribution < -0.4 is 10.6 Å². The van der Waals surface area contributed by atoms with Crippen molar-refractivity contribution in [1.29, 1.82) is 0 Å². The number of nitrogens with zero attached hydrogens (tertiary/aromatic N) is 2. The van der Waals surface area contributed by atoms with Gasteiger partial charge in [-0.2, -0.15) is 0 Å². The molecule has 3 nitrogen and oxygen atoms in total. The highest BCUT2D eigenvalue weighted by molar-refractivity contribution is 5.44. The smallest absolute Gasteiger partial charge is 0.131 e. The van der Waals surface area contributed by atoms with Gasteiger partial charge >= 0.3 is 0 Å². The second-order valence-electron chi connectivity index (χ2n) is 2.48. The van der Waals surface area contributed by atoms with E-state index in [1.165, 1.54) is 0 Å². The van der Waals surface area contributed by atoms with Gasteiger partial charge in [-0.1, -0.05) is 12.0 Å². The normalized spacial score (nSPS) is 9.00. The van der Waals surface area contributed by atoms with E-state index in [1.807, 2.05) is 24.1 Å². The van der Waals surface area contributed by atoms with E-state index in [9.17, 15) is 0 Å². The van der Waals surface area contributed by atoms with Gasteiger partial charge in [0.05, 0.1) is 6.54 Å². The molecule has 0 saturated carbocycles. The molecule has 2 N–H and O–H groups in total. The van der Waals surface area contributed by atoms with Gasteiger partial charge in [-0.3, -0.25) is 0 Å². The number of aromatic nitrogens is 1. The highest BCUT2D eigenvalue weighted by atomic mass is 15.2. The molecule has 0 aromatic carbocycles. The highest BCUT2D eigenvalue weighted by Crippen LogP contribution is 2.09. The van der Waals surface area contributed by atoms with Crippen LogP contribution in [0.3, 0.4) is 0 Å². The van der Waals surface area contributed by atoms with Gasteiger partial charge in [0, 0.05) is 7.05 Å². The number of pyridine rings is 1. The molecule has 1 aromatic rings. The molecule has 0 aliphatic heterocycles. The van der Waals surface area contributed by atoms with Gasteiger partial charge in [0.2, 0.25) is 0 Å². The zero-order valence-corrected chi connectivity index (χ0v) is 6.99. The summed E-state index contributed by atoms with van der Waals surface area (Å²) in [4.78, 5) is 5.96. The SMILES string of the molecule is C#CCN(C)c1cccc(N)n1. The third-order valence-electron chi connectivity index (χ3n) is 1.48. The number of hydrogen-bond donors (Lipinski definition) is 1. The van der Waals surface area contributed by atoms with Crippen molar-refractivity contribution in [2.75, 3.05) is 24.2 Å². The Labute approximate surface area is 72.2 Å². The molecular formula is C9H11N3. The van der Waals surface area contributed by atoms with Crippen molar-refractivity contribution in [3.63, 3.8) is 0 Å². The van der Waals surface area contributed by atoms with Gasteiger partial charge in [-0.15, -0.1) is 6.42 Å². The van der Waals surface area contributed by atoms with Crippen LogP contribution in [0.25, 0.3) is 0 Å². The molecule has 0 bridgehead atoms. The van der Waals surface area contributed by atoms with E-state index < -0.39 is 0 Å². The zero-order chi connectivity index (χ0) is 8.97. The number of anilines is 2. The zero-order valence-electron chi connectivity index (χ0n) is 6.99. The van der Waals surface area contributed by atoms with Crippen molar-refractivity contribution in [3.05, 3.63) is 18.2 Å². The maximum absolute atomic E-state index is 5.50. The number of rotatable bonds is 2. The average molecular weight is 161 g/mol. The number of nitrogens with two attached hydrogens (primary N) is 1. The van der Waals surface area contributed by atoms with Crippen LogP contribution >= 0.6 is 0 Å². The molecule has 1 aromatic heterocycles. The average Bonchev–Trinajstić information content (AvgIpc) is 2.05. The van der Waals surface area contributed by atoms with Crippen molar-refractivity contribution >= 4 is 11.6 Å². The van der Waals surface area contributed by atoms with Crippen LogP contribution in [-0.4, -0.2) is 18.6 Å². The number of nitrogen functional groups attached to an aromatic ring is 1. The minimum Gasteiger partial charge on any atom is -0.384 e. The summed E-state index contributed by atoms with van der Waals surface area (Å²) >= 11 is 0. The molecule has 3 heteroatoms. The highest BCUT2D eigenvalue weighted by Gasteiger charge is 1.98. The molecule has 0 radical (unpaired) electrons. The van der Waals surface area contributed by atoms with Gasteiger partial charge in [0.15, 0.2) is 0 Å². The summed E-state index contributed by atoms with van der Waals surface area (Å²) in [5.41, 5.74) is 5.50. The standard InChI is InChI=1S/C9H11N3/c1-3-7-12(2)9-6-4-5-8(10)11-9/h1,4-6H,7H2,2H3,(H2,10,11). The van der Waals surface area contributed by atoms with Crippen LogP contribution in [0.1, 0.15) is 0 Å². The molecule has 0 aliphatic rings. The fourth-order valence-electron chi connectivity index (χ4n) is 0.870. The first kappa shape index (κ1) is 8.41. The molecule has 12 heavy (non-hydrogen) atoms. The lowest BCUT2D eigenvalue weighted by molar-refractivity contribution is 1.01. The van der Waals surface area contributed by atoms with Crippen molar-refractivity contribution in [2.45, 2.75) is 0 Å². The molecule has 0 aliphatic carbocycles. The predicted octanol–water partition coefficient (Wildman–Crippen LogP) is 0.733. The third kappa shape index (κ3) is 1.89. The van der Waals surface area contributed by atoms with Crippen LogP contribution in [0, 0.1) is 12.3 Å². The Bertz CT molecular complexity index is 301. The Morgan fingerprint density at radius 2 is 2.42 bits per heavy atom. The van der Waals surface area contributed by atoms with E-state index >= 15 is 0 Å². The molecule has 62 valence electrons. The third-order valence-corrected chi connectivity index (χ3v) is 1.48. The van der Waals surface area contributed by atoms with Gasteiger partial charge in [0.25, 0.3) is 0 Å². The van der Waals surface area contributed by atoms with E-state index in [2.05, 4.69) is 10.9 Å². The summed E-state index contributed by atoms with van der Waals surface area (Å²) < 4.78 is 0. The van der Waals surface area contributed by atoms with Crippen LogP contribution in [0.5, 0.6) is 0 Å². The first-order valence-corrected chi connectivity index (χ1v) is 3.61. The van der Waals surface area contributed by atoms with Crippen LogP contribution in [0.4, 0.5) is 11.6 Å². The van der Waals surface area contributed by atoms with E-state index in [0.29, 0.717) is 12.4 Å². The summed E-state index contributed by atoms with van der Waals surface area (Å²) in [5.74, 6) is 3.84. The number of hydrogen-bond acceptors (Lipinski definition) is 3. The van der Waals surface area contributed by atoms with Crippen molar-refractivity contribution < 1.29 is 0 Å². The second kappa shape index (κ2) is 3.63. The molecular weight excluding hydrogens is 150 g/mol. The van der Waals surface area contributed by atoms with Crippen molar-refractivity contribution in [3.8, 4) is 12.3 Å². The lowest BCUT2D eigenvalue weighted by atomic mass is 10.4. The summed E-state index contributed by atoms with van der Waals surface area (Å²) in [6.45, 7) is 0.538. The van der Waals surface area contributed by atoms with Crippen molar-refractivity contribution in [1.82, 2.24) is 4.98 Å². The maximum atomic E-state index is 5.50.